The van der Waals surface area contributed by atoms with Crippen LogP contribution in [-0.4, -0.2) is 10.2 Å². The third-order valence-electron chi connectivity index (χ3n) is 2.21. The Labute approximate surface area is 105 Å². The third-order valence-corrected chi connectivity index (χ3v) is 3.70. The fraction of sp³-hybridized carbons (Fsp3) is 0.200. The number of halogens is 1. The van der Waals surface area contributed by atoms with E-state index >= 15 is 0 Å². The number of hydrogen-bond donors (Lipinski definition) is 2. The van der Waals surface area contributed by atoms with Crippen molar-refractivity contribution in [2.75, 3.05) is 5.32 Å². The van der Waals surface area contributed by atoms with E-state index < -0.39 is 0 Å². The van der Waals surface area contributed by atoms with Crippen molar-refractivity contribution >= 4 is 33.0 Å². The number of rotatable bonds is 3. The predicted octanol–water partition coefficient (Wildman–Crippen LogP) is 2.77. The summed E-state index contributed by atoms with van der Waals surface area (Å²) in [5, 5.41) is 13.4. The number of hydrogen-bond acceptors (Lipinski definition) is 4. The van der Waals surface area contributed by atoms with Crippen molar-refractivity contribution in [1.29, 1.82) is 0 Å². The molecule has 0 saturated heterocycles. The first kappa shape index (κ1) is 11.3. The molecule has 2 rings (SSSR count). The van der Waals surface area contributed by atoms with Crippen molar-refractivity contribution in [3.05, 3.63) is 43.4 Å². The second-order valence-corrected chi connectivity index (χ2v) is 4.92. The Morgan fingerprint density at radius 1 is 1.62 bits per heavy atom. The lowest BCUT2D eigenvalue weighted by Gasteiger charge is -2.14. The maximum atomic E-state index is 11.3. The Hall–Kier alpha value is -1.14. The van der Waals surface area contributed by atoms with E-state index in [9.17, 15) is 4.79 Å². The van der Waals surface area contributed by atoms with Gasteiger partial charge < -0.3 is 5.32 Å². The van der Waals surface area contributed by atoms with Gasteiger partial charge >= 0.3 is 0 Å². The highest BCUT2D eigenvalue weighted by molar-refractivity contribution is 9.10. The third kappa shape index (κ3) is 2.33. The smallest absolute Gasteiger partial charge is 0.280 e. The molecule has 0 saturated carbocycles. The number of nitrogens with one attached hydrogen (secondary N) is 2. The number of H-pyrrole nitrogens is 1. The van der Waals surface area contributed by atoms with Crippen LogP contribution in [0.3, 0.4) is 0 Å². The summed E-state index contributed by atoms with van der Waals surface area (Å²) in [7, 11) is 0. The highest BCUT2D eigenvalue weighted by atomic mass is 79.9. The van der Waals surface area contributed by atoms with Gasteiger partial charge in [0.15, 0.2) is 0 Å². The van der Waals surface area contributed by atoms with Crippen LogP contribution in [0.5, 0.6) is 0 Å². The predicted molar refractivity (Wildman–Crippen MR) is 68.9 cm³/mol. The highest BCUT2D eigenvalue weighted by Gasteiger charge is 2.09. The molecule has 84 valence electrons. The molecule has 0 bridgehead atoms. The molecule has 2 aromatic heterocycles. The molecule has 4 nitrogen and oxygen atoms in total. The van der Waals surface area contributed by atoms with Gasteiger partial charge in [0.1, 0.15) is 4.47 Å². The largest absolute Gasteiger partial charge is 0.376 e. The monoisotopic (exact) mass is 299 g/mol. The fourth-order valence-electron chi connectivity index (χ4n) is 1.32. The SMILES string of the molecule is CC(Nc1cn[nH]c(=O)c1Br)c1ccsc1. The quantitative estimate of drug-likeness (QED) is 0.916. The molecule has 0 radical (unpaired) electrons. The first-order valence-corrected chi connectivity index (χ1v) is 6.44. The molecule has 0 amide bonds. The fourth-order valence-corrected chi connectivity index (χ4v) is 2.38. The van der Waals surface area contributed by atoms with E-state index in [4.69, 9.17) is 0 Å². The highest BCUT2D eigenvalue weighted by Crippen LogP contribution is 2.23. The summed E-state index contributed by atoms with van der Waals surface area (Å²) in [6.07, 6.45) is 1.59. The molecular formula is C10H10BrN3OS. The first-order chi connectivity index (χ1) is 7.68. The molecule has 1 atom stereocenters. The summed E-state index contributed by atoms with van der Waals surface area (Å²) < 4.78 is 0.476. The Balaban J connectivity index is 2.21. The van der Waals surface area contributed by atoms with Gasteiger partial charge in [-0.15, -0.1) is 0 Å². The maximum Gasteiger partial charge on any atom is 0.280 e. The van der Waals surface area contributed by atoms with E-state index in [-0.39, 0.29) is 11.6 Å². The molecule has 2 N–H and O–H groups in total. The molecule has 2 aromatic rings. The molecule has 1 unspecified atom stereocenters. The molecule has 2 heterocycles. The van der Waals surface area contributed by atoms with Crippen LogP contribution in [0.1, 0.15) is 18.5 Å². The Kier molecular flexibility index (Phi) is 3.40. The average molecular weight is 300 g/mol. The number of nitrogens with zero attached hydrogens (tertiary/aromatic N) is 1. The lowest BCUT2D eigenvalue weighted by Crippen LogP contribution is -2.14. The molecule has 16 heavy (non-hydrogen) atoms. The van der Waals surface area contributed by atoms with Crippen LogP contribution >= 0.6 is 27.3 Å². The number of thiophene rings is 1. The van der Waals surface area contributed by atoms with Crippen LogP contribution < -0.4 is 10.9 Å². The second kappa shape index (κ2) is 4.80. The molecule has 0 aliphatic carbocycles. The van der Waals surface area contributed by atoms with Gasteiger partial charge in [0.2, 0.25) is 0 Å². The zero-order valence-electron chi connectivity index (χ0n) is 8.53. The van der Waals surface area contributed by atoms with Crippen LogP contribution in [0.4, 0.5) is 5.69 Å². The summed E-state index contributed by atoms with van der Waals surface area (Å²) in [6, 6.07) is 2.20. The minimum absolute atomic E-state index is 0.145. The van der Waals surface area contributed by atoms with Gasteiger partial charge in [0.25, 0.3) is 5.56 Å². The van der Waals surface area contributed by atoms with Gasteiger partial charge in [0.05, 0.1) is 11.9 Å². The summed E-state index contributed by atoms with van der Waals surface area (Å²) in [6.45, 7) is 2.04. The summed E-state index contributed by atoms with van der Waals surface area (Å²) >= 11 is 4.88. The van der Waals surface area contributed by atoms with E-state index in [0.717, 1.165) is 0 Å². The second-order valence-electron chi connectivity index (χ2n) is 3.35. The lowest BCUT2D eigenvalue weighted by molar-refractivity contribution is 0.876. The van der Waals surface area contributed by atoms with Gasteiger partial charge in [-0.3, -0.25) is 4.79 Å². The minimum Gasteiger partial charge on any atom is -0.376 e. The van der Waals surface area contributed by atoms with Gasteiger partial charge in [-0.25, -0.2) is 5.10 Å². The van der Waals surface area contributed by atoms with Crippen molar-refractivity contribution in [2.45, 2.75) is 13.0 Å². The minimum atomic E-state index is -0.234. The van der Waals surface area contributed by atoms with E-state index in [2.05, 4.69) is 42.9 Å². The maximum absolute atomic E-state index is 11.3. The Bertz CT molecular complexity index is 523. The number of anilines is 1. The Morgan fingerprint density at radius 2 is 2.44 bits per heavy atom. The molecular weight excluding hydrogens is 290 g/mol. The van der Waals surface area contributed by atoms with Gasteiger partial charge in [-0.1, -0.05) is 0 Å². The topological polar surface area (TPSA) is 57.8 Å². The van der Waals surface area contributed by atoms with Crippen LogP contribution in [0.2, 0.25) is 0 Å². The summed E-state index contributed by atoms with van der Waals surface area (Å²) in [5.41, 5.74) is 1.65. The number of aromatic nitrogens is 2. The van der Waals surface area contributed by atoms with E-state index in [0.29, 0.717) is 10.2 Å². The van der Waals surface area contributed by atoms with Gasteiger partial charge in [-0.05, 0) is 45.2 Å². The first-order valence-electron chi connectivity index (χ1n) is 4.70. The molecule has 0 spiro atoms. The molecule has 0 fully saturated rings. The van der Waals surface area contributed by atoms with Crippen molar-refractivity contribution in [3.63, 3.8) is 0 Å². The Morgan fingerprint density at radius 3 is 3.12 bits per heavy atom. The van der Waals surface area contributed by atoms with E-state index in [1.807, 2.05) is 12.3 Å². The molecule has 6 heteroatoms. The van der Waals surface area contributed by atoms with Crippen molar-refractivity contribution in [1.82, 2.24) is 10.2 Å². The van der Waals surface area contributed by atoms with Crippen LogP contribution in [0.15, 0.2) is 32.3 Å². The zero-order valence-corrected chi connectivity index (χ0v) is 10.9. The van der Waals surface area contributed by atoms with E-state index in [1.54, 1.807) is 17.5 Å². The summed E-state index contributed by atoms with van der Waals surface area (Å²) in [5.74, 6) is 0. The average Bonchev–Trinajstić information content (AvgIpc) is 2.78. The summed E-state index contributed by atoms with van der Waals surface area (Å²) in [4.78, 5) is 11.3. The standard InChI is InChI=1S/C10H10BrN3OS/c1-6(7-2-3-16-5-7)13-8-4-12-14-10(15)9(8)11/h2-6H,1H3,(H2,13,14,15). The van der Waals surface area contributed by atoms with Crippen molar-refractivity contribution < 1.29 is 0 Å². The van der Waals surface area contributed by atoms with Crippen LogP contribution in [0.25, 0.3) is 0 Å². The molecule has 0 aromatic carbocycles. The molecule has 0 aliphatic rings. The normalized spacial score (nSPS) is 12.4. The zero-order chi connectivity index (χ0) is 11.5. The van der Waals surface area contributed by atoms with Crippen molar-refractivity contribution in [2.24, 2.45) is 0 Å². The van der Waals surface area contributed by atoms with E-state index in [1.165, 1.54) is 5.56 Å². The van der Waals surface area contributed by atoms with Gasteiger partial charge in [0, 0.05) is 6.04 Å². The van der Waals surface area contributed by atoms with Crippen molar-refractivity contribution in [3.8, 4) is 0 Å². The van der Waals surface area contributed by atoms with Crippen LogP contribution in [-0.2, 0) is 0 Å². The number of aromatic amines is 1. The molecule has 0 aliphatic heterocycles. The lowest BCUT2D eigenvalue weighted by atomic mass is 10.2. The van der Waals surface area contributed by atoms with Gasteiger partial charge in [-0.2, -0.15) is 16.4 Å². The van der Waals surface area contributed by atoms with Crippen LogP contribution in [0, 0.1) is 0 Å².